The minimum Gasteiger partial charge on any atom is -0.481 e. The quantitative estimate of drug-likeness (QED) is 0.889. The molecule has 1 rings (SSSR count). The molecule has 3 nitrogen and oxygen atoms in total. The Labute approximate surface area is 96.9 Å². The van der Waals surface area contributed by atoms with Crippen LogP contribution in [0.15, 0.2) is 16.6 Å². The van der Waals surface area contributed by atoms with Crippen molar-refractivity contribution in [2.75, 3.05) is 0 Å². The van der Waals surface area contributed by atoms with Crippen LogP contribution >= 0.6 is 15.9 Å². The molecule has 4 heteroatoms. The first-order valence-electron chi connectivity index (χ1n) is 4.58. The van der Waals surface area contributed by atoms with Gasteiger partial charge in [-0.2, -0.15) is 0 Å². The van der Waals surface area contributed by atoms with E-state index < -0.39 is 12.1 Å². The Balaban J connectivity index is 3.00. The molecular formula is C11H13BrO3. The zero-order valence-corrected chi connectivity index (χ0v) is 10.2. The van der Waals surface area contributed by atoms with Crippen molar-refractivity contribution in [2.45, 2.75) is 26.4 Å². The third kappa shape index (κ3) is 3.04. The summed E-state index contributed by atoms with van der Waals surface area (Å²) in [6, 6.07) is 3.59. The molecule has 2 N–H and O–H groups in total. The van der Waals surface area contributed by atoms with Crippen molar-refractivity contribution < 1.29 is 15.0 Å². The number of aliphatic carboxylic acids is 1. The molecule has 1 aromatic rings. The summed E-state index contributed by atoms with van der Waals surface area (Å²) in [5, 5.41) is 18.2. The number of rotatable bonds is 3. The highest BCUT2D eigenvalue weighted by molar-refractivity contribution is 9.10. The van der Waals surface area contributed by atoms with Gasteiger partial charge in [-0.05, 0) is 30.5 Å². The second-order valence-electron chi connectivity index (χ2n) is 3.58. The van der Waals surface area contributed by atoms with Crippen molar-refractivity contribution in [3.63, 3.8) is 0 Å². The minimum atomic E-state index is -0.999. The molecule has 0 fully saturated rings. The number of carboxylic acids is 1. The molecule has 0 aromatic heterocycles. The van der Waals surface area contributed by atoms with Crippen molar-refractivity contribution in [1.82, 2.24) is 0 Å². The zero-order chi connectivity index (χ0) is 11.6. The van der Waals surface area contributed by atoms with Crippen molar-refractivity contribution in [3.8, 4) is 0 Å². The van der Waals surface area contributed by atoms with Gasteiger partial charge in [0, 0.05) is 4.47 Å². The van der Waals surface area contributed by atoms with E-state index in [-0.39, 0.29) is 6.42 Å². The van der Waals surface area contributed by atoms with E-state index in [0.717, 1.165) is 15.6 Å². The standard InChI is InChI=1S/C11H13BrO3/c1-6-3-8(4-7(2)11(6)12)9(13)5-10(14)15/h3-4,9,13H,5H2,1-2H3,(H,14,15)/t9-/m0/s1. The monoisotopic (exact) mass is 272 g/mol. The number of benzene rings is 1. The van der Waals surface area contributed by atoms with Crippen LogP contribution < -0.4 is 0 Å². The number of hydrogen-bond acceptors (Lipinski definition) is 2. The molecular weight excluding hydrogens is 260 g/mol. The Morgan fingerprint density at radius 1 is 1.40 bits per heavy atom. The molecule has 1 atom stereocenters. The summed E-state index contributed by atoms with van der Waals surface area (Å²) in [6.07, 6.45) is -1.20. The van der Waals surface area contributed by atoms with Crippen LogP contribution in [0.25, 0.3) is 0 Å². The van der Waals surface area contributed by atoms with Gasteiger partial charge in [0.1, 0.15) is 0 Å². The SMILES string of the molecule is Cc1cc([C@@H](O)CC(=O)O)cc(C)c1Br. The van der Waals surface area contributed by atoms with Crippen LogP contribution in [0.5, 0.6) is 0 Å². The van der Waals surface area contributed by atoms with Crippen LogP contribution in [-0.2, 0) is 4.79 Å². The molecule has 0 spiro atoms. The lowest BCUT2D eigenvalue weighted by atomic mass is 10.0. The molecule has 0 aliphatic heterocycles. The van der Waals surface area contributed by atoms with E-state index in [4.69, 9.17) is 5.11 Å². The first kappa shape index (κ1) is 12.2. The summed E-state index contributed by atoms with van der Waals surface area (Å²) in [7, 11) is 0. The average Bonchev–Trinajstić information content (AvgIpc) is 2.12. The van der Waals surface area contributed by atoms with E-state index in [0.29, 0.717) is 5.56 Å². The highest BCUT2D eigenvalue weighted by Gasteiger charge is 2.13. The van der Waals surface area contributed by atoms with E-state index in [1.54, 1.807) is 12.1 Å². The van der Waals surface area contributed by atoms with Crippen LogP contribution in [0.4, 0.5) is 0 Å². The highest BCUT2D eigenvalue weighted by Crippen LogP contribution is 2.26. The molecule has 0 unspecified atom stereocenters. The van der Waals surface area contributed by atoms with Gasteiger partial charge in [-0.25, -0.2) is 0 Å². The summed E-state index contributed by atoms with van der Waals surface area (Å²) in [4.78, 5) is 10.5. The maximum Gasteiger partial charge on any atom is 0.306 e. The number of halogens is 1. The van der Waals surface area contributed by atoms with Crippen LogP contribution in [0.1, 0.15) is 29.2 Å². The van der Waals surface area contributed by atoms with Crippen LogP contribution in [0, 0.1) is 13.8 Å². The van der Waals surface area contributed by atoms with Gasteiger partial charge in [0.25, 0.3) is 0 Å². The predicted molar refractivity (Wildman–Crippen MR) is 60.8 cm³/mol. The third-order valence-corrected chi connectivity index (χ3v) is 3.46. The Hall–Kier alpha value is -0.870. The summed E-state index contributed by atoms with van der Waals surface area (Å²) in [6.45, 7) is 3.82. The molecule has 0 saturated heterocycles. The van der Waals surface area contributed by atoms with Crippen LogP contribution in [-0.4, -0.2) is 16.2 Å². The lowest BCUT2D eigenvalue weighted by molar-refractivity contribution is -0.139. The van der Waals surface area contributed by atoms with E-state index >= 15 is 0 Å². The second kappa shape index (κ2) is 4.77. The Morgan fingerprint density at radius 3 is 2.27 bits per heavy atom. The van der Waals surface area contributed by atoms with Gasteiger partial charge in [-0.3, -0.25) is 4.79 Å². The minimum absolute atomic E-state index is 0.263. The largest absolute Gasteiger partial charge is 0.481 e. The Bertz CT molecular complexity index is 364. The summed E-state index contributed by atoms with van der Waals surface area (Å²) >= 11 is 3.42. The molecule has 0 aliphatic rings. The first-order valence-corrected chi connectivity index (χ1v) is 5.37. The molecule has 0 heterocycles. The topological polar surface area (TPSA) is 57.5 Å². The number of aryl methyl sites for hydroxylation is 2. The normalized spacial score (nSPS) is 12.5. The predicted octanol–water partition coefficient (Wildman–Crippen LogP) is 2.57. The molecule has 15 heavy (non-hydrogen) atoms. The van der Waals surface area contributed by atoms with Gasteiger partial charge < -0.3 is 10.2 Å². The number of aliphatic hydroxyl groups excluding tert-OH is 1. The number of carbonyl (C=O) groups is 1. The van der Waals surface area contributed by atoms with Crippen molar-refractivity contribution in [3.05, 3.63) is 33.3 Å². The van der Waals surface area contributed by atoms with Gasteiger partial charge in [-0.15, -0.1) is 0 Å². The first-order chi connectivity index (χ1) is 6.91. The van der Waals surface area contributed by atoms with E-state index in [1.807, 2.05) is 13.8 Å². The fourth-order valence-electron chi connectivity index (χ4n) is 1.46. The van der Waals surface area contributed by atoms with Crippen molar-refractivity contribution in [2.24, 2.45) is 0 Å². The number of carboxylic acid groups (broad SMARTS) is 1. The second-order valence-corrected chi connectivity index (χ2v) is 4.38. The van der Waals surface area contributed by atoms with E-state index in [1.165, 1.54) is 0 Å². The fourth-order valence-corrected chi connectivity index (χ4v) is 1.68. The van der Waals surface area contributed by atoms with Crippen molar-refractivity contribution in [1.29, 1.82) is 0 Å². The molecule has 0 saturated carbocycles. The van der Waals surface area contributed by atoms with Gasteiger partial charge in [-0.1, -0.05) is 28.1 Å². The Morgan fingerprint density at radius 2 is 1.87 bits per heavy atom. The fraction of sp³-hybridized carbons (Fsp3) is 0.364. The average molecular weight is 273 g/mol. The maximum absolute atomic E-state index is 10.5. The summed E-state index contributed by atoms with van der Waals surface area (Å²) in [5.74, 6) is -0.999. The molecule has 1 aromatic carbocycles. The molecule has 0 aliphatic carbocycles. The van der Waals surface area contributed by atoms with Crippen molar-refractivity contribution >= 4 is 21.9 Å². The molecule has 82 valence electrons. The van der Waals surface area contributed by atoms with Crippen LogP contribution in [0.3, 0.4) is 0 Å². The smallest absolute Gasteiger partial charge is 0.306 e. The van der Waals surface area contributed by atoms with Crippen LogP contribution in [0.2, 0.25) is 0 Å². The summed E-state index contributed by atoms with van der Waals surface area (Å²) < 4.78 is 0.994. The Kier molecular flexibility index (Phi) is 3.88. The van der Waals surface area contributed by atoms with E-state index in [9.17, 15) is 9.90 Å². The van der Waals surface area contributed by atoms with Gasteiger partial charge in [0.2, 0.25) is 0 Å². The molecule has 0 amide bonds. The number of aliphatic hydroxyl groups is 1. The van der Waals surface area contributed by atoms with Gasteiger partial charge in [0.15, 0.2) is 0 Å². The maximum atomic E-state index is 10.5. The highest BCUT2D eigenvalue weighted by atomic mass is 79.9. The lowest BCUT2D eigenvalue weighted by Gasteiger charge is -2.12. The third-order valence-electron chi connectivity index (χ3n) is 2.21. The molecule has 0 radical (unpaired) electrons. The summed E-state index contributed by atoms with van der Waals surface area (Å²) in [5.41, 5.74) is 2.64. The van der Waals surface area contributed by atoms with Gasteiger partial charge in [0.05, 0.1) is 12.5 Å². The molecule has 0 bridgehead atoms. The zero-order valence-electron chi connectivity index (χ0n) is 8.62. The number of hydrogen-bond donors (Lipinski definition) is 2. The lowest BCUT2D eigenvalue weighted by Crippen LogP contribution is -2.06. The van der Waals surface area contributed by atoms with E-state index in [2.05, 4.69) is 15.9 Å². The van der Waals surface area contributed by atoms with Gasteiger partial charge >= 0.3 is 5.97 Å².